The Morgan fingerprint density at radius 1 is 0.722 bits per heavy atom. The van der Waals surface area contributed by atoms with Crippen LogP contribution in [-0.2, 0) is 23.7 Å². The molecular formula is C13H24O5. The molecular weight excluding hydrogens is 236 g/mol. The maximum absolute atomic E-state index is 5.30. The van der Waals surface area contributed by atoms with Gasteiger partial charge in [-0.25, -0.2) is 0 Å². The van der Waals surface area contributed by atoms with Crippen molar-refractivity contribution in [2.24, 2.45) is 0 Å². The van der Waals surface area contributed by atoms with Crippen LogP contribution >= 0.6 is 0 Å². The Morgan fingerprint density at radius 3 is 1.61 bits per heavy atom. The fourth-order valence-corrected chi connectivity index (χ4v) is 1.00. The van der Waals surface area contributed by atoms with Gasteiger partial charge in [0.1, 0.15) is 13.2 Å². The van der Waals surface area contributed by atoms with Gasteiger partial charge in [-0.2, -0.15) is 0 Å². The van der Waals surface area contributed by atoms with Gasteiger partial charge in [-0.05, 0) is 6.92 Å². The molecule has 0 atom stereocenters. The van der Waals surface area contributed by atoms with Crippen molar-refractivity contribution in [1.82, 2.24) is 0 Å². The summed E-state index contributed by atoms with van der Waals surface area (Å²) in [4.78, 5) is 0. The quantitative estimate of drug-likeness (QED) is 0.352. The van der Waals surface area contributed by atoms with E-state index in [2.05, 4.69) is 6.58 Å². The molecule has 5 nitrogen and oxygen atoms in total. The van der Waals surface area contributed by atoms with Crippen molar-refractivity contribution in [3.05, 3.63) is 25.2 Å². The first-order valence-corrected chi connectivity index (χ1v) is 6.10. The number of hydrogen-bond donors (Lipinski definition) is 0. The van der Waals surface area contributed by atoms with Crippen LogP contribution < -0.4 is 0 Å². The Hall–Kier alpha value is -1.04. The molecule has 0 bridgehead atoms. The highest BCUT2D eigenvalue weighted by Gasteiger charge is 1.91. The second-order valence-corrected chi connectivity index (χ2v) is 3.21. The average Bonchev–Trinajstić information content (AvgIpc) is 2.39. The lowest BCUT2D eigenvalue weighted by molar-refractivity contribution is 0.000473. The molecule has 0 fully saturated rings. The molecule has 0 heterocycles. The largest absolute Gasteiger partial charge is 0.499 e. The van der Waals surface area contributed by atoms with E-state index < -0.39 is 0 Å². The summed E-state index contributed by atoms with van der Waals surface area (Å²) in [5, 5.41) is 0. The van der Waals surface area contributed by atoms with Crippen LogP contribution in [0.15, 0.2) is 25.2 Å². The van der Waals surface area contributed by atoms with Gasteiger partial charge in [-0.15, -0.1) is 0 Å². The first kappa shape index (κ1) is 17.0. The van der Waals surface area contributed by atoms with Gasteiger partial charge in [0.05, 0.1) is 52.2 Å². The van der Waals surface area contributed by atoms with Crippen molar-refractivity contribution in [2.75, 3.05) is 52.9 Å². The zero-order valence-electron chi connectivity index (χ0n) is 11.1. The van der Waals surface area contributed by atoms with E-state index in [0.717, 1.165) is 0 Å². The van der Waals surface area contributed by atoms with Crippen LogP contribution in [0.25, 0.3) is 0 Å². The van der Waals surface area contributed by atoms with Gasteiger partial charge in [0, 0.05) is 0 Å². The lowest BCUT2D eigenvalue weighted by atomic mass is 10.7. The van der Waals surface area contributed by atoms with Crippen molar-refractivity contribution in [2.45, 2.75) is 6.92 Å². The summed E-state index contributed by atoms with van der Waals surface area (Å²) in [5.74, 6) is 0. The molecule has 0 unspecified atom stereocenters. The first-order valence-electron chi connectivity index (χ1n) is 6.10. The summed E-state index contributed by atoms with van der Waals surface area (Å²) in [6, 6.07) is 0. The third-order valence-corrected chi connectivity index (χ3v) is 1.79. The lowest BCUT2D eigenvalue weighted by Crippen LogP contribution is -2.12. The molecule has 0 aromatic rings. The lowest BCUT2D eigenvalue weighted by Gasteiger charge is -2.06. The summed E-state index contributed by atoms with van der Waals surface area (Å²) in [5.41, 5.74) is 0. The van der Waals surface area contributed by atoms with Crippen LogP contribution in [0, 0.1) is 0 Å². The van der Waals surface area contributed by atoms with Crippen molar-refractivity contribution < 1.29 is 23.7 Å². The molecule has 18 heavy (non-hydrogen) atoms. The van der Waals surface area contributed by atoms with E-state index in [1.54, 1.807) is 6.26 Å². The third-order valence-electron chi connectivity index (χ3n) is 1.79. The Labute approximate surface area is 109 Å². The van der Waals surface area contributed by atoms with Crippen molar-refractivity contribution >= 4 is 0 Å². The monoisotopic (exact) mass is 260 g/mol. The highest BCUT2D eigenvalue weighted by atomic mass is 16.6. The van der Waals surface area contributed by atoms with Gasteiger partial charge < -0.3 is 23.7 Å². The summed E-state index contributed by atoms with van der Waals surface area (Å²) < 4.78 is 25.8. The van der Waals surface area contributed by atoms with E-state index in [9.17, 15) is 0 Å². The van der Waals surface area contributed by atoms with E-state index in [1.807, 2.05) is 13.0 Å². The second-order valence-electron chi connectivity index (χ2n) is 3.21. The predicted octanol–water partition coefficient (Wildman–Crippen LogP) is 1.75. The molecule has 0 aromatic carbocycles. The van der Waals surface area contributed by atoms with Crippen LogP contribution in [0.4, 0.5) is 0 Å². The van der Waals surface area contributed by atoms with E-state index in [-0.39, 0.29) is 0 Å². The molecule has 0 aliphatic heterocycles. The molecule has 0 spiro atoms. The number of ether oxygens (including phenoxy) is 5. The number of rotatable bonds is 14. The van der Waals surface area contributed by atoms with Gasteiger partial charge in [0.2, 0.25) is 0 Å². The summed E-state index contributed by atoms with van der Waals surface area (Å²) in [6.07, 6.45) is 4.88. The molecule has 0 aliphatic rings. The van der Waals surface area contributed by atoms with Crippen LogP contribution in [0.2, 0.25) is 0 Å². The van der Waals surface area contributed by atoms with Gasteiger partial charge in [-0.1, -0.05) is 12.7 Å². The van der Waals surface area contributed by atoms with Crippen LogP contribution in [0.5, 0.6) is 0 Å². The first-order chi connectivity index (χ1) is 8.91. The van der Waals surface area contributed by atoms with E-state index >= 15 is 0 Å². The molecule has 0 aromatic heterocycles. The predicted molar refractivity (Wildman–Crippen MR) is 69.4 cm³/mol. The maximum atomic E-state index is 5.30. The minimum absolute atomic E-state index is 0.527. The van der Waals surface area contributed by atoms with Crippen molar-refractivity contribution in [1.29, 1.82) is 0 Å². The Morgan fingerprint density at radius 2 is 1.17 bits per heavy atom. The fraction of sp³-hybridized carbons (Fsp3) is 0.692. The summed E-state index contributed by atoms with van der Waals surface area (Å²) in [7, 11) is 0. The van der Waals surface area contributed by atoms with E-state index in [1.165, 1.54) is 6.26 Å². The summed E-state index contributed by atoms with van der Waals surface area (Å²) >= 11 is 0. The zero-order valence-corrected chi connectivity index (χ0v) is 11.1. The SMILES string of the molecule is C=COCCOCCOCCOCCOC=CC. The Balaban J connectivity index is 2.92. The molecule has 0 saturated heterocycles. The van der Waals surface area contributed by atoms with E-state index in [4.69, 9.17) is 23.7 Å². The van der Waals surface area contributed by atoms with Crippen molar-refractivity contribution in [3.8, 4) is 0 Å². The highest BCUT2D eigenvalue weighted by molar-refractivity contribution is 4.64. The third kappa shape index (κ3) is 15.0. The molecule has 0 N–H and O–H groups in total. The fourth-order valence-electron chi connectivity index (χ4n) is 1.00. The van der Waals surface area contributed by atoms with Gasteiger partial charge in [-0.3, -0.25) is 0 Å². The number of hydrogen-bond acceptors (Lipinski definition) is 5. The highest BCUT2D eigenvalue weighted by Crippen LogP contribution is 1.84. The van der Waals surface area contributed by atoms with Crippen molar-refractivity contribution in [3.63, 3.8) is 0 Å². The van der Waals surface area contributed by atoms with Crippen LogP contribution in [0.3, 0.4) is 0 Å². The molecule has 0 amide bonds. The van der Waals surface area contributed by atoms with Gasteiger partial charge >= 0.3 is 0 Å². The molecule has 106 valence electrons. The smallest absolute Gasteiger partial charge is 0.111 e. The topological polar surface area (TPSA) is 46.2 Å². The average molecular weight is 260 g/mol. The Kier molecular flexibility index (Phi) is 15.0. The standard InChI is InChI=1S/C13H24O5/c1-3-5-15-8-9-17-12-13-18-11-10-16-7-6-14-4-2/h3-5H,2,6-13H2,1H3. The van der Waals surface area contributed by atoms with Crippen LogP contribution in [0.1, 0.15) is 6.92 Å². The number of allylic oxidation sites excluding steroid dienone is 1. The van der Waals surface area contributed by atoms with Gasteiger partial charge in [0.15, 0.2) is 0 Å². The second kappa shape index (κ2) is 16.0. The minimum Gasteiger partial charge on any atom is -0.499 e. The minimum atomic E-state index is 0.527. The molecule has 5 heteroatoms. The van der Waals surface area contributed by atoms with E-state index in [0.29, 0.717) is 52.9 Å². The Bertz CT molecular complexity index is 194. The van der Waals surface area contributed by atoms with Crippen LogP contribution in [-0.4, -0.2) is 52.9 Å². The normalized spacial score (nSPS) is 10.7. The molecule has 0 saturated carbocycles. The molecule has 0 rings (SSSR count). The molecule has 0 radical (unpaired) electrons. The zero-order chi connectivity index (χ0) is 13.3. The summed E-state index contributed by atoms with van der Waals surface area (Å²) in [6.45, 7) is 9.81. The van der Waals surface area contributed by atoms with Gasteiger partial charge in [0.25, 0.3) is 0 Å². The molecule has 0 aliphatic carbocycles. The maximum Gasteiger partial charge on any atom is 0.111 e.